The Bertz CT molecular complexity index is 189. The number of halogens is 3. The molecule has 1 N–H and O–H groups in total. The van der Waals surface area contributed by atoms with Gasteiger partial charge < -0.3 is 0 Å². The molecule has 0 saturated heterocycles. The third-order valence-electron chi connectivity index (χ3n) is 0.959. The molecule has 0 aliphatic rings. The average molecular weight is 150 g/mol. The van der Waals surface area contributed by atoms with Crippen molar-refractivity contribution in [3.8, 4) is 0 Å². The van der Waals surface area contributed by atoms with E-state index in [-0.39, 0.29) is 5.56 Å². The standard InChI is InChI=1S/C5H5F3N2/c6-5(7,8)1-4-2-9-10-3-4/h2-3H,1H2,(H,9,10). The molecule has 0 bridgehead atoms. The van der Waals surface area contributed by atoms with Crippen molar-refractivity contribution in [2.45, 2.75) is 12.6 Å². The van der Waals surface area contributed by atoms with Crippen LogP contribution in [0.1, 0.15) is 5.56 Å². The maximum atomic E-state index is 11.6. The molecule has 2 nitrogen and oxygen atoms in total. The van der Waals surface area contributed by atoms with Crippen molar-refractivity contribution in [1.82, 2.24) is 10.2 Å². The van der Waals surface area contributed by atoms with Gasteiger partial charge in [-0.15, -0.1) is 0 Å². The Balaban J connectivity index is 2.57. The normalized spacial score (nSPS) is 11.9. The lowest BCUT2D eigenvalue weighted by atomic mass is 10.2. The second-order valence-electron chi connectivity index (χ2n) is 1.90. The van der Waals surface area contributed by atoms with E-state index in [9.17, 15) is 13.2 Å². The highest BCUT2D eigenvalue weighted by Crippen LogP contribution is 2.19. The van der Waals surface area contributed by atoms with Gasteiger partial charge in [0.25, 0.3) is 0 Å². The molecule has 0 unspecified atom stereocenters. The third kappa shape index (κ3) is 2.08. The third-order valence-corrected chi connectivity index (χ3v) is 0.959. The van der Waals surface area contributed by atoms with Gasteiger partial charge in [0.05, 0.1) is 12.6 Å². The molecule has 10 heavy (non-hydrogen) atoms. The van der Waals surface area contributed by atoms with Crippen molar-refractivity contribution in [2.24, 2.45) is 0 Å². The molecule has 0 radical (unpaired) electrons. The van der Waals surface area contributed by atoms with Crippen molar-refractivity contribution < 1.29 is 13.2 Å². The molecule has 0 fully saturated rings. The molecule has 0 aromatic carbocycles. The van der Waals surface area contributed by atoms with E-state index in [1.165, 1.54) is 6.20 Å². The Morgan fingerprint density at radius 1 is 1.50 bits per heavy atom. The van der Waals surface area contributed by atoms with Gasteiger partial charge in [0.15, 0.2) is 0 Å². The fourth-order valence-corrected chi connectivity index (χ4v) is 0.606. The molecule has 1 aromatic heterocycles. The van der Waals surface area contributed by atoms with Gasteiger partial charge in [-0.25, -0.2) is 0 Å². The van der Waals surface area contributed by atoms with E-state index in [1.807, 2.05) is 0 Å². The predicted molar refractivity (Wildman–Crippen MR) is 28.3 cm³/mol. The summed E-state index contributed by atoms with van der Waals surface area (Å²) in [5.74, 6) is 0. The number of hydrogen-bond donors (Lipinski definition) is 1. The molecular weight excluding hydrogens is 145 g/mol. The molecule has 1 aromatic rings. The summed E-state index contributed by atoms with van der Waals surface area (Å²) in [4.78, 5) is 0. The molecular formula is C5H5F3N2. The highest BCUT2D eigenvalue weighted by Gasteiger charge is 2.27. The largest absolute Gasteiger partial charge is 0.393 e. The maximum Gasteiger partial charge on any atom is 0.393 e. The van der Waals surface area contributed by atoms with Gasteiger partial charge in [0.1, 0.15) is 0 Å². The fraction of sp³-hybridized carbons (Fsp3) is 0.400. The van der Waals surface area contributed by atoms with Crippen LogP contribution in [0.2, 0.25) is 0 Å². The molecule has 5 heteroatoms. The zero-order chi connectivity index (χ0) is 7.61. The number of H-pyrrole nitrogens is 1. The van der Waals surface area contributed by atoms with E-state index in [0.29, 0.717) is 0 Å². The van der Waals surface area contributed by atoms with E-state index in [0.717, 1.165) is 6.20 Å². The first kappa shape index (κ1) is 7.11. The van der Waals surface area contributed by atoms with Gasteiger partial charge in [0.2, 0.25) is 0 Å². The number of aromatic nitrogens is 2. The summed E-state index contributed by atoms with van der Waals surface area (Å²) in [7, 11) is 0. The van der Waals surface area contributed by atoms with Crippen molar-refractivity contribution in [1.29, 1.82) is 0 Å². The van der Waals surface area contributed by atoms with E-state index < -0.39 is 12.6 Å². The number of alkyl halides is 3. The van der Waals surface area contributed by atoms with E-state index in [1.54, 1.807) is 0 Å². The van der Waals surface area contributed by atoms with Crippen molar-refractivity contribution in [3.05, 3.63) is 18.0 Å². The molecule has 0 atom stereocenters. The van der Waals surface area contributed by atoms with Crippen LogP contribution < -0.4 is 0 Å². The number of rotatable bonds is 1. The smallest absolute Gasteiger partial charge is 0.285 e. The van der Waals surface area contributed by atoms with Crippen LogP contribution in [0.4, 0.5) is 13.2 Å². The fourth-order valence-electron chi connectivity index (χ4n) is 0.606. The quantitative estimate of drug-likeness (QED) is 0.645. The van der Waals surface area contributed by atoms with Crippen LogP contribution in [-0.2, 0) is 6.42 Å². The summed E-state index contributed by atoms with van der Waals surface area (Å²) in [6.07, 6.45) is -2.66. The van der Waals surface area contributed by atoms with Crippen LogP contribution >= 0.6 is 0 Å². The molecule has 1 heterocycles. The molecule has 1 rings (SSSR count). The molecule has 0 aliphatic heterocycles. The van der Waals surface area contributed by atoms with Gasteiger partial charge >= 0.3 is 6.18 Å². The highest BCUT2D eigenvalue weighted by molar-refractivity contribution is 5.03. The zero-order valence-corrected chi connectivity index (χ0v) is 4.94. The van der Waals surface area contributed by atoms with Gasteiger partial charge in [-0.3, -0.25) is 5.10 Å². The minimum atomic E-state index is -4.14. The first-order valence-corrected chi connectivity index (χ1v) is 2.62. The van der Waals surface area contributed by atoms with Gasteiger partial charge in [0, 0.05) is 6.20 Å². The van der Waals surface area contributed by atoms with E-state index in [4.69, 9.17) is 0 Å². The van der Waals surface area contributed by atoms with E-state index in [2.05, 4.69) is 10.2 Å². The first-order valence-electron chi connectivity index (χ1n) is 2.62. The number of hydrogen-bond acceptors (Lipinski definition) is 1. The van der Waals surface area contributed by atoms with Crippen LogP contribution in [0.25, 0.3) is 0 Å². The topological polar surface area (TPSA) is 28.7 Å². The van der Waals surface area contributed by atoms with Crippen molar-refractivity contribution in [3.63, 3.8) is 0 Å². The Labute approximate surface area is 55.1 Å². The van der Waals surface area contributed by atoms with E-state index >= 15 is 0 Å². The summed E-state index contributed by atoms with van der Waals surface area (Å²) in [5.41, 5.74) is 0.160. The lowest BCUT2D eigenvalue weighted by Gasteiger charge is -2.01. The summed E-state index contributed by atoms with van der Waals surface area (Å²) in [5, 5.41) is 5.68. The maximum absolute atomic E-state index is 11.6. The van der Waals surface area contributed by atoms with Gasteiger partial charge in [-0.2, -0.15) is 18.3 Å². The number of nitrogens with one attached hydrogen (secondary N) is 1. The zero-order valence-electron chi connectivity index (χ0n) is 4.94. The molecule has 0 aliphatic carbocycles. The van der Waals surface area contributed by atoms with Gasteiger partial charge in [-0.05, 0) is 5.56 Å². The molecule has 56 valence electrons. The van der Waals surface area contributed by atoms with Crippen LogP contribution in [-0.4, -0.2) is 16.4 Å². The highest BCUT2D eigenvalue weighted by atomic mass is 19.4. The lowest BCUT2D eigenvalue weighted by Crippen LogP contribution is -2.10. The Kier molecular flexibility index (Phi) is 1.65. The monoisotopic (exact) mass is 150 g/mol. The predicted octanol–water partition coefficient (Wildman–Crippen LogP) is 1.51. The lowest BCUT2D eigenvalue weighted by molar-refractivity contribution is -0.127. The molecule has 0 saturated carbocycles. The Morgan fingerprint density at radius 3 is 2.60 bits per heavy atom. The second-order valence-corrected chi connectivity index (χ2v) is 1.90. The number of aromatic amines is 1. The first-order chi connectivity index (χ1) is 4.58. The minimum absolute atomic E-state index is 0.160. The van der Waals surface area contributed by atoms with Gasteiger partial charge in [-0.1, -0.05) is 0 Å². The number of nitrogens with zero attached hydrogens (tertiary/aromatic N) is 1. The molecule has 0 amide bonds. The second kappa shape index (κ2) is 2.32. The summed E-state index contributed by atoms with van der Waals surface area (Å²) >= 11 is 0. The van der Waals surface area contributed by atoms with Crippen LogP contribution in [0.5, 0.6) is 0 Å². The van der Waals surface area contributed by atoms with Crippen molar-refractivity contribution >= 4 is 0 Å². The molecule has 0 spiro atoms. The summed E-state index contributed by atoms with van der Waals surface area (Å²) < 4.78 is 34.7. The Hall–Kier alpha value is -1.00. The summed E-state index contributed by atoms with van der Waals surface area (Å²) in [6, 6.07) is 0. The average Bonchev–Trinajstić information content (AvgIpc) is 2.12. The SMILES string of the molecule is FC(F)(F)Cc1cn[nH]c1. The van der Waals surface area contributed by atoms with Crippen LogP contribution in [0.3, 0.4) is 0 Å². The van der Waals surface area contributed by atoms with Crippen LogP contribution in [0.15, 0.2) is 12.4 Å². The minimum Gasteiger partial charge on any atom is -0.285 e. The Morgan fingerprint density at radius 2 is 2.20 bits per heavy atom. The van der Waals surface area contributed by atoms with Crippen LogP contribution in [0, 0.1) is 0 Å². The summed E-state index contributed by atoms with van der Waals surface area (Å²) in [6.45, 7) is 0. The van der Waals surface area contributed by atoms with Crippen molar-refractivity contribution in [2.75, 3.05) is 0 Å².